The van der Waals surface area contributed by atoms with Gasteiger partial charge in [0.2, 0.25) is 5.28 Å². The molecule has 14 heavy (non-hydrogen) atoms. The summed E-state index contributed by atoms with van der Waals surface area (Å²) in [6, 6.07) is 1.85. The number of nitrogens with zero attached hydrogens (tertiary/aromatic N) is 2. The van der Waals surface area contributed by atoms with Crippen molar-refractivity contribution in [3.05, 3.63) is 17.0 Å². The first-order valence-corrected chi connectivity index (χ1v) is 4.75. The summed E-state index contributed by atoms with van der Waals surface area (Å²) in [5, 5.41) is 3.40. The zero-order chi connectivity index (χ0) is 10.4. The second kappa shape index (κ2) is 5.46. The van der Waals surface area contributed by atoms with Crippen molar-refractivity contribution in [3.8, 4) is 11.8 Å². The fourth-order valence-corrected chi connectivity index (χ4v) is 1.23. The molecule has 1 heterocycles. The maximum absolute atomic E-state index is 5.70. The van der Waals surface area contributed by atoms with Gasteiger partial charge < -0.3 is 5.32 Å². The average Bonchev–Trinajstić information content (AvgIpc) is 2.11. The Kier molecular flexibility index (Phi) is 4.21. The Balaban J connectivity index is 2.53. The van der Waals surface area contributed by atoms with E-state index in [9.17, 15) is 0 Å². The van der Waals surface area contributed by atoms with E-state index in [-0.39, 0.29) is 5.28 Å². The maximum atomic E-state index is 5.70. The predicted octanol–water partition coefficient (Wildman–Crippen LogP) is 2.26. The molecular formula is C10H12ClN3. The number of anilines is 1. The maximum Gasteiger partial charge on any atom is 0.224 e. The summed E-state index contributed by atoms with van der Waals surface area (Å²) in [6.07, 6.45) is 0.803. The predicted molar refractivity (Wildman–Crippen MR) is 58.3 cm³/mol. The van der Waals surface area contributed by atoms with Gasteiger partial charge in [-0.05, 0) is 25.4 Å². The Morgan fingerprint density at radius 1 is 1.50 bits per heavy atom. The fraction of sp³-hybridized carbons (Fsp3) is 0.400. The minimum atomic E-state index is 0.272. The molecule has 1 N–H and O–H groups in total. The van der Waals surface area contributed by atoms with E-state index >= 15 is 0 Å². The third-order valence-corrected chi connectivity index (χ3v) is 1.73. The first-order valence-electron chi connectivity index (χ1n) is 4.37. The summed E-state index contributed by atoms with van der Waals surface area (Å²) in [5.74, 6) is 6.54. The highest BCUT2D eigenvalue weighted by atomic mass is 35.5. The van der Waals surface area contributed by atoms with E-state index in [0.29, 0.717) is 0 Å². The second-order valence-electron chi connectivity index (χ2n) is 2.77. The number of hydrogen-bond donors (Lipinski definition) is 1. The van der Waals surface area contributed by atoms with Gasteiger partial charge in [0, 0.05) is 24.7 Å². The zero-order valence-corrected chi connectivity index (χ0v) is 9.02. The van der Waals surface area contributed by atoms with Crippen molar-refractivity contribution in [2.45, 2.75) is 20.3 Å². The van der Waals surface area contributed by atoms with Crippen LogP contribution in [0.25, 0.3) is 0 Å². The summed E-state index contributed by atoms with van der Waals surface area (Å²) in [5.41, 5.74) is 0.856. The van der Waals surface area contributed by atoms with E-state index in [2.05, 4.69) is 27.1 Å². The van der Waals surface area contributed by atoms with Crippen LogP contribution < -0.4 is 5.32 Å². The van der Waals surface area contributed by atoms with Crippen molar-refractivity contribution in [1.82, 2.24) is 9.97 Å². The molecule has 0 radical (unpaired) electrons. The van der Waals surface area contributed by atoms with Crippen LogP contribution in [0.3, 0.4) is 0 Å². The third-order valence-electron chi connectivity index (χ3n) is 1.56. The molecule has 1 aromatic heterocycles. The van der Waals surface area contributed by atoms with Crippen LogP contribution in [0, 0.1) is 18.8 Å². The van der Waals surface area contributed by atoms with Gasteiger partial charge in [-0.1, -0.05) is 0 Å². The molecule has 74 valence electrons. The molecule has 0 aromatic carbocycles. The normalized spacial score (nSPS) is 9.07. The van der Waals surface area contributed by atoms with Crippen molar-refractivity contribution < 1.29 is 0 Å². The lowest BCUT2D eigenvalue weighted by molar-refractivity contribution is 1.04. The minimum Gasteiger partial charge on any atom is -0.369 e. The minimum absolute atomic E-state index is 0.272. The third kappa shape index (κ3) is 3.63. The van der Waals surface area contributed by atoms with Crippen LogP contribution in [0.5, 0.6) is 0 Å². The Labute approximate surface area is 88.9 Å². The SMILES string of the molecule is CC#CCCNc1cc(C)nc(Cl)n1. The van der Waals surface area contributed by atoms with Gasteiger partial charge in [-0.15, -0.1) is 11.8 Å². The Bertz CT molecular complexity index is 345. The second-order valence-corrected chi connectivity index (χ2v) is 3.11. The molecular weight excluding hydrogens is 198 g/mol. The van der Waals surface area contributed by atoms with E-state index in [0.717, 1.165) is 24.5 Å². The van der Waals surface area contributed by atoms with Crippen LogP contribution in [0.2, 0.25) is 5.28 Å². The van der Waals surface area contributed by atoms with Crippen molar-refractivity contribution in [3.63, 3.8) is 0 Å². The van der Waals surface area contributed by atoms with Crippen LogP contribution in [0.15, 0.2) is 6.07 Å². The van der Waals surface area contributed by atoms with Gasteiger partial charge in [0.05, 0.1) is 0 Å². The lowest BCUT2D eigenvalue weighted by Crippen LogP contribution is -2.03. The number of aromatic nitrogens is 2. The van der Waals surface area contributed by atoms with E-state index in [1.807, 2.05) is 19.9 Å². The van der Waals surface area contributed by atoms with Crippen LogP contribution >= 0.6 is 11.6 Å². The smallest absolute Gasteiger partial charge is 0.224 e. The molecule has 3 nitrogen and oxygen atoms in total. The van der Waals surface area contributed by atoms with Crippen molar-refractivity contribution in [2.24, 2.45) is 0 Å². The number of hydrogen-bond acceptors (Lipinski definition) is 3. The molecule has 0 aliphatic carbocycles. The van der Waals surface area contributed by atoms with Gasteiger partial charge in [-0.25, -0.2) is 9.97 Å². The Hall–Kier alpha value is -1.27. The standard InChI is InChI=1S/C10H12ClN3/c1-3-4-5-6-12-9-7-8(2)13-10(11)14-9/h7H,5-6H2,1-2H3,(H,12,13,14). The molecule has 0 fully saturated rings. The van der Waals surface area contributed by atoms with E-state index in [1.165, 1.54) is 0 Å². The summed E-state index contributed by atoms with van der Waals surface area (Å²) >= 11 is 5.70. The Morgan fingerprint density at radius 2 is 2.29 bits per heavy atom. The highest BCUT2D eigenvalue weighted by Crippen LogP contribution is 2.09. The Morgan fingerprint density at radius 3 is 2.93 bits per heavy atom. The lowest BCUT2D eigenvalue weighted by Gasteiger charge is -2.03. The van der Waals surface area contributed by atoms with E-state index in [4.69, 9.17) is 11.6 Å². The highest BCUT2D eigenvalue weighted by molar-refractivity contribution is 6.28. The molecule has 0 aliphatic heterocycles. The molecule has 0 spiro atoms. The van der Waals surface area contributed by atoms with Crippen LogP contribution in [-0.2, 0) is 0 Å². The molecule has 1 rings (SSSR count). The number of nitrogens with one attached hydrogen (secondary N) is 1. The molecule has 0 atom stereocenters. The summed E-state index contributed by atoms with van der Waals surface area (Å²) in [6.45, 7) is 4.48. The van der Waals surface area contributed by atoms with Gasteiger partial charge in [0.1, 0.15) is 5.82 Å². The van der Waals surface area contributed by atoms with Gasteiger partial charge >= 0.3 is 0 Å². The summed E-state index contributed by atoms with van der Waals surface area (Å²) in [7, 11) is 0. The zero-order valence-electron chi connectivity index (χ0n) is 8.26. The number of halogens is 1. The van der Waals surface area contributed by atoms with Gasteiger partial charge in [0.15, 0.2) is 0 Å². The highest BCUT2D eigenvalue weighted by Gasteiger charge is 1.97. The molecule has 0 saturated heterocycles. The van der Waals surface area contributed by atoms with Crippen molar-refractivity contribution >= 4 is 17.4 Å². The van der Waals surface area contributed by atoms with Crippen molar-refractivity contribution in [1.29, 1.82) is 0 Å². The first-order chi connectivity index (χ1) is 6.72. The average molecular weight is 210 g/mol. The van der Waals surface area contributed by atoms with Crippen LogP contribution in [-0.4, -0.2) is 16.5 Å². The van der Waals surface area contributed by atoms with Gasteiger partial charge in [0.25, 0.3) is 0 Å². The molecule has 0 amide bonds. The van der Waals surface area contributed by atoms with Crippen LogP contribution in [0.1, 0.15) is 19.0 Å². The van der Waals surface area contributed by atoms with Gasteiger partial charge in [-0.3, -0.25) is 0 Å². The fourth-order valence-electron chi connectivity index (χ4n) is 1.00. The molecule has 0 aliphatic rings. The molecule has 0 unspecified atom stereocenters. The molecule has 0 bridgehead atoms. The quantitative estimate of drug-likeness (QED) is 0.472. The number of rotatable bonds is 3. The summed E-state index contributed by atoms with van der Waals surface area (Å²) in [4.78, 5) is 7.99. The molecule has 4 heteroatoms. The molecule has 1 aromatic rings. The first kappa shape index (κ1) is 10.8. The largest absolute Gasteiger partial charge is 0.369 e. The van der Waals surface area contributed by atoms with Crippen LogP contribution in [0.4, 0.5) is 5.82 Å². The van der Waals surface area contributed by atoms with Crippen molar-refractivity contribution in [2.75, 3.05) is 11.9 Å². The van der Waals surface area contributed by atoms with E-state index in [1.54, 1.807) is 0 Å². The summed E-state index contributed by atoms with van der Waals surface area (Å²) < 4.78 is 0. The lowest BCUT2D eigenvalue weighted by atomic mass is 10.4. The van der Waals surface area contributed by atoms with E-state index < -0.39 is 0 Å². The topological polar surface area (TPSA) is 37.8 Å². The number of aryl methyl sites for hydroxylation is 1. The molecule has 0 saturated carbocycles. The van der Waals surface area contributed by atoms with Gasteiger partial charge in [-0.2, -0.15) is 0 Å². The monoisotopic (exact) mass is 209 g/mol.